The number of nitrogens with two attached hydrogens (primary N) is 2. The molecule has 0 aliphatic carbocycles. The second-order valence-electron chi connectivity index (χ2n) is 5.22. The van der Waals surface area contributed by atoms with Gasteiger partial charge in [-0.05, 0) is 6.20 Å². The first-order chi connectivity index (χ1) is 11.1. The van der Waals surface area contributed by atoms with E-state index in [0.717, 1.165) is 0 Å². The number of nitrogens with one attached hydrogen (secondary N) is 1. The van der Waals surface area contributed by atoms with Gasteiger partial charge in [-0.15, -0.1) is 0 Å². The lowest BCUT2D eigenvalue weighted by Gasteiger charge is -2.16. The zero-order valence-corrected chi connectivity index (χ0v) is 12.3. The van der Waals surface area contributed by atoms with Crippen molar-refractivity contribution in [1.82, 2.24) is 24.8 Å². The highest BCUT2D eigenvalue weighted by molar-refractivity contribution is 5.81. The van der Waals surface area contributed by atoms with E-state index >= 15 is 0 Å². The molecule has 4 atom stereocenters. The Morgan fingerprint density at radius 3 is 2.91 bits per heavy atom. The third-order valence-electron chi connectivity index (χ3n) is 3.74. The van der Waals surface area contributed by atoms with E-state index in [1.807, 2.05) is 0 Å². The first-order valence-electron chi connectivity index (χ1n) is 7.15. The van der Waals surface area contributed by atoms with Gasteiger partial charge in [-0.1, -0.05) is 6.08 Å². The van der Waals surface area contributed by atoms with Crippen LogP contribution in [0.1, 0.15) is 6.23 Å². The van der Waals surface area contributed by atoms with E-state index in [1.165, 1.54) is 18.9 Å². The van der Waals surface area contributed by atoms with E-state index in [2.05, 4.69) is 20.3 Å². The van der Waals surface area contributed by atoms with Gasteiger partial charge in [-0.3, -0.25) is 4.57 Å². The molecule has 1 aliphatic heterocycles. The van der Waals surface area contributed by atoms with Crippen LogP contribution in [0.15, 0.2) is 24.9 Å². The highest BCUT2D eigenvalue weighted by Gasteiger charge is 2.44. The summed E-state index contributed by atoms with van der Waals surface area (Å²) in [6.07, 6.45) is 2.41. The van der Waals surface area contributed by atoms with Crippen LogP contribution in [0, 0.1) is 0 Å². The van der Waals surface area contributed by atoms with Crippen LogP contribution in [0.2, 0.25) is 0 Å². The van der Waals surface area contributed by atoms with Crippen LogP contribution in [0.5, 0.6) is 0 Å². The fourth-order valence-corrected chi connectivity index (χ4v) is 2.56. The fourth-order valence-electron chi connectivity index (χ4n) is 2.56. The number of ether oxygens (including phenoxy) is 1. The van der Waals surface area contributed by atoms with Crippen molar-refractivity contribution in [3.05, 3.63) is 24.9 Å². The third kappa shape index (κ3) is 2.84. The molecule has 1 saturated heterocycles. The first-order valence-corrected chi connectivity index (χ1v) is 7.15. The molecule has 0 aromatic carbocycles. The van der Waals surface area contributed by atoms with E-state index in [-0.39, 0.29) is 5.82 Å². The monoisotopic (exact) mass is 321 g/mol. The summed E-state index contributed by atoms with van der Waals surface area (Å²) in [6, 6.07) is 0. The average Bonchev–Trinajstić information content (AvgIpc) is 3.09. The molecule has 3 heterocycles. The van der Waals surface area contributed by atoms with Crippen LogP contribution in [0.3, 0.4) is 0 Å². The largest absolute Gasteiger partial charge is 0.405 e. The Balaban J connectivity index is 1.78. The standard InChI is InChI=1S/C13H19N7O3/c14-2-1-3-16-4-7-9(21)10(22)13(23-7)20-6-19-8-11(15)17-5-18-12(8)20/h1-2,5-7,9-10,13,16,21-22H,3-4,14H2,(H2,15,17,18)/t7-,9-,10-,13-/m1/s1. The zero-order chi connectivity index (χ0) is 16.4. The van der Waals surface area contributed by atoms with Crippen LogP contribution in [-0.4, -0.2) is 61.1 Å². The summed E-state index contributed by atoms with van der Waals surface area (Å²) >= 11 is 0. The molecule has 0 radical (unpaired) electrons. The number of aromatic nitrogens is 4. The predicted octanol–water partition coefficient (Wildman–Crippen LogP) is -1.91. The Morgan fingerprint density at radius 1 is 1.30 bits per heavy atom. The third-order valence-corrected chi connectivity index (χ3v) is 3.74. The van der Waals surface area contributed by atoms with Gasteiger partial charge in [0.2, 0.25) is 0 Å². The van der Waals surface area contributed by atoms with E-state index in [1.54, 1.807) is 10.6 Å². The number of rotatable bonds is 5. The lowest BCUT2D eigenvalue weighted by molar-refractivity contribution is -0.0339. The summed E-state index contributed by atoms with van der Waals surface area (Å²) in [6.45, 7) is 0.907. The van der Waals surface area contributed by atoms with E-state index in [4.69, 9.17) is 16.2 Å². The maximum Gasteiger partial charge on any atom is 0.167 e. The van der Waals surface area contributed by atoms with Gasteiger partial charge in [0.05, 0.1) is 6.33 Å². The summed E-state index contributed by atoms with van der Waals surface area (Å²) in [5, 5.41) is 23.5. The fraction of sp³-hybridized carbons (Fsp3) is 0.462. The maximum atomic E-state index is 10.3. The highest BCUT2D eigenvalue weighted by Crippen LogP contribution is 2.31. The SMILES string of the molecule is NC=CCNC[C@H]1O[C@@H](n2cnc3c(N)ncnc32)[C@H](O)[C@@H]1O. The van der Waals surface area contributed by atoms with Gasteiger partial charge in [0.15, 0.2) is 17.7 Å². The molecular formula is C13H19N7O3. The highest BCUT2D eigenvalue weighted by atomic mass is 16.6. The molecule has 1 aliphatic rings. The van der Waals surface area contributed by atoms with Crippen molar-refractivity contribution in [2.75, 3.05) is 18.8 Å². The minimum atomic E-state index is -1.11. The molecule has 2 aromatic heterocycles. The van der Waals surface area contributed by atoms with Crippen LogP contribution in [0.4, 0.5) is 5.82 Å². The van der Waals surface area contributed by atoms with Crippen molar-refractivity contribution in [1.29, 1.82) is 0 Å². The number of hydrogen-bond donors (Lipinski definition) is 5. The van der Waals surface area contributed by atoms with Gasteiger partial charge in [-0.2, -0.15) is 0 Å². The van der Waals surface area contributed by atoms with Gasteiger partial charge in [-0.25, -0.2) is 15.0 Å². The van der Waals surface area contributed by atoms with Crippen LogP contribution in [0.25, 0.3) is 11.2 Å². The van der Waals surface area contributed by atoms with Gasteiger partial charge in [0.1, 0.15) is 30.2 Å². The minimum absolute atomic E-state index is 0.244. The number of aliphatic hydroxyl groups is 2. The minimum Gasteiger partial charge on any atom is -0.405 e. The van der Waals surface area contributed by atoms with Crippen molar-refractivity contribution in [3.63, 3.8) is 0 Å². The molecule has 2 aromatic rings. The number of fused-ring (bicyclic) bond motifs is 1. The smallest absolute Gasteiger partial charge is 0.167 e. The molecule has 0 saturated carbocycles. The lowest BCUT2D eigenvalue weighted by Crippen LogP contribution is -2.37. The van der Waals surface area contributed by atoms with Crippen molar-refractivity contribution >= 4 is 17.0 Å². The van der Waals surface area contributed by atoms with Crippen molar-refractivity contribution < 1.29 is 14.9 Å². The van der Waals surface area contributed by atoms with E-state index < -0.39 is 24.5 Å². The second-order valence-corrected chi connectivity index (χ2v) is 5.22. The average molecular weight is 321 g/mol. The molecule has 124 valence electrons. The predicted molar refractivity (Wildman–Crippen MR) is 81.9 cm³/mol. The van der Waals surface area contributed by atoms with Gasteiger partial charge in [0, 0.05) is 13.1 Å². The van der Waals surface area contributed by atoms with Gasteiger partial charge >= 0.3 is 0 Å². The van der Waals surface area contributed by atoms with Gasteiger partial charge in [0.25, 0.3) is 0 Å². The molecule has 3 rings (SSSR count). The summed E-state index contributed by atoms with van der Waals surface area (Å²) < 4.78 is 7.31. The number of hydrogen-bond acceptors (Lipinski definition) is 9. The van der Waals surface area contributed by atoms with Crippen LogP contribution < -0.4 is 16.8 Å². The number of anilines is 1. The Bertz CT molecular complexity index is 704. The van der Waals surface area contributed by atoms with E-state index in [0.29, 0.717) is 24.3 Å². The Hall–Kier alpha value is -2.27. The van der Waals surface area contributed by atoms with Crippen molar-refractivity contribution in [3.8, 4) is 0 Å². The van der Waals surface area contributed by atoms with Crippen LogP contribution in [-0.2, 0) is 4.74 Å². The molecule has 10 nitrogen and oxygen atoms in total. The number of aliphatic hydroxyl groups excluding tert-OH is 2. The van der Waals surface area contributed by atoms with Gasteiger partial charge < -0.3 is 31.7 Å². The van der Waals surface area contributed by atoms with Crippen molar-refractivity contribution in [2.24, 2.45) is 5.73 Å². The van der Waals surface area contributed by atoms with Crippen LogP contribution >= 0.6 is 0 Å². The van der Waals surface area contributed by atoms with E-state index in [9.17, 15) is 10.2 Å². The van der Waals surface area contributed by atoms with Crippen molar-refractivity contribution in [2.45, 2.75) is 24.5 Å². The molecule has 1 fully saturated rings. The molecule has 7 N–H and O–H groups in total. The maximum absolute atomic E-state index is 10.3. The summed E-state index contributed by atoms with van der Waals surface area (Å²) in [5.74, 6) is 0.244. The number of nitrogens with zero attached hydrogens (tertiary/aromatic N) is 4. The number of imidazole rings is 1. The first kappa shape index (κ1) is 15.6. The normalized spacial score (nSPS) is 28.1. The molecule has 23 heavy (non-hydrogen) atoms. The molecule has 10 heteroatoms. The summed E-state index contributed by atoms with van der Waals surface area (Å²) in [5.41, 5.74) is 11.9. The Kier molecular flexibility index (Phi) is 4.39. The summed E-state index contributed by atoms with van der Waals surface area (Å²) in [7, 11) is 0. The zero-order valence-electron chi connectivity index (χ0n) is 12.3. The second kappa shape index (κ2) is 6.46. The molecule has 0 amide bonds. The topological polar surface area (TPSA) is 157 Å². The molecular weight excluding hydrogens is 302 g/mol. The Morgan fingerprint density at radius 2 is 2.13 bits per heavy atom. The quantitative estimate of drug-likeness (QED) is 0.396. The summed E-state index contributed by atoms with van der Waals surface area (Å²) in [4.78, 5) is 12.1. The Labute approximate surface area is 131 Å². The molecule has 0 spiro atoms. The molecule has 0 unspecified atom stereocenters. The lowest BCUT2D eigenvalue weighted by atomic mass is 10.1. The number of nitrogen functional groups attached to an aromatic ring is 1. The molecule has 0 bridgehead atoms.